The first-order chi connectivity index (χ1) is 11.5. The highest BCUT2D eigenvalue weighted by atomic mass is 16.3. The fraction of sp³-hybridized carbons (Fsp3) is 0.500. The molecule has 0 saturated carbocycles. The summed E-state index contributed by atoms with van der Waals surface area (Å²) in [5.41, 5.74) is 1.09. The summed E-state index contributed by atoms with van der Waals surface area (Å²) >= 11 is 0. The lowest BCUT2D eigenvalue weighted by Gasteiger charge is -2.30. The normalized spacial score (nSPS) is 19.0. The van der Waals surface area contributed by atoms with Crippen LogP contribution in [0.4, 0.5) is 0 Å². The van der Waals surface area contributed by atoms with Gasteiger partial charge < -0.3 is 10.0 Å². The summed E-state index contributed by atoms with van der Waals surface area (Å²) in [6, 6.07) is 9.00. The van der Waals surface area contributed by atoms with Crippen LogP contribution in [-0.4, -0.2) is 28.2 Å². The van der Waals surface area contributed by atoms with Crippen LogP contribution < -0.4 is 0 Å². The third kappa shape index (κ3) is 3.69. The molecule has 0 bridgehead atoms. The Balaban J connectivity index is 2.35. The summed E-state index contributed by atoms with van der Waals surface area (Å²) in [7, 11) is 0. The van der Waals surface area contributed by atoms with Crippen molar-refractivity contribution in [1.29, 1.82) is 0 Å². The number of rotatable bonds is 8. The van der Waals surface area contributed by atoms with Crippen LogP contribution in [0.2, 0.25) is 0 Å². The largest absolute Gasteiger partial charge is 0.503 e. The second-order valence-corrected chi connectivity index (χ2v) is 6.51. The van der Waals surface area contributed by atoms with Crippen molar-refractivity contribution in [2.75, 3.05) is 6.54 Å². The Hall–Kier alpha value is -2.10. The molecule has 130 valence electrons. The second-order valence-electron chi connectivity index (χ2n) is 6.51. The smallest absolute Gasteiger partial charge is 0.290 e. The third-order valence-corrected chi connectivity index (χ3v) is 4.80. The van der Waals surface area contributed by atoms with E-state index in [1.54, 1.807) is 4.90 Å². The van der Waals surface area contributed by atoms with E-state index in [1.165, 1.54) is 6.92 Å². The van der Waals surface area contributed by atoms with Gasteiger partial charge in [-0.15, -0.1) is 0 Å². The van der Waals surface area contributed by atoms with Crippen LogP contribution in [0.15, 0.2) is 41.7 Å². The van der Waals surface area contributed by atoms with E-state index >= 15 is 0 Å². The predicted octanol–water partition coefficient (Wildman–Crippen LogP) is 4.19. The number of hydrogen-bond acceptors (Lipinski definition) is 3. The highest BCUT2D eigenvalue weighted by Gasteiger charge is 2.42. The molecule has 0 spiro atoms. The Morgan fingerprint density at radius 2 is 1.92 bits per heavy atom. The number of unbranched alkanes of at least 4 members (excludes halogenated alkanes) is 1. The van der Waals surface area contributed by atoms with E-state index in [0.29, 0.717) is 12.5 Å². The molecule has 2 atom stereocenters. The molecular formula is C20H27NO3. The maximum Gasteiger partial charge on any atom is 0.290 e. The quantitative estimate of drug-likeness (QED) is 0.778. The molecule has 1 aromatic rings. The van der Waals surface area contributed by atoms with E-state index < -0.39 is 11.9 Å². The first kappa shape index (κ1) is 18.2. The van der Waals surface area contributed by atoms with Gasteiger partial charge in [-0.05, 0) is 24.8 Å². The Kier molecular flexibility index (Phi) is 6.18. The zero-order valence-electron chi connectivity index (χ0n) is 14.8. The molecule has 1 heterocycles. The molecule has 0 unspecified atom stereocenters. The molecule has 1 aliphatic rings. The minimum Gasteiger partial charge on any atom is -0.503 e. The Labute approximate surface area is 144 Å². The van der Waals surface area contributed by atoms with Crippen molar-refractivity contribution in [2.45, 2.75) is 52.5 Å². The first-order valence-corrected chi connectivity index (χ1v) is 8.81. The fourth-order valence-electron chi connectivity index (χ4n) is 3.38. The van der Waals surface area contributed by atoms with E-state index in [1.807, 2.05) is 30.3 Å². The van der Waals surface area contributed by atoms with E-state index in [-0.39, 0.29) is 17.1 Å². The molecule has 4 nitrogen and oxygen atoms in total. The van der Waals surface area contributed by atoms with E-state index in [0.717, 1.165) is 31.2 Å². The summed E-state index contributed by atoms with van der Waals surface area (Å²) in [5.74, 6) is -0.691. The minimum atomic E-state index is -0.480. The van der Waals surface area contributed by atoms with Crippen LogP contribution in [0.5, 0.6) is 0 Å². The average molecular weight is 329 g/mol. The number of nitrogens with zero attached hydrogens (tertiary/aromatic N) is 1. The van der Waals surface area contributed by atoms with Gasteiger partial charge in [-0.1, -0.05) is 63.4 Å². The van der Waals surface area contributed by atoms with Gasteiger partial charge in [0.2, 0.25) is 0 Å². The number of benzene rings is 1. The molecule has 0 radical (unpaired) electrons. The van der Waals surface area contributed by atoms with Gasteiger partial charge >= 0.3 is 0 Å². The van der Waals surface area contributed by atoms with Gasteiger partial charge in [-0.2, -0.15) is 0 Å². The van der Waals surface area contributed by atoms with E-state index in [9.17, 15) is 14.7 Å². The molecule has 0 aliphatic carbocycles. The second kappa shape index (κ2) is 8.13. The molecule has 0 aromatic heterocycles. The molecule has 0 fully saturated rings. The number of aliphatic hydroxyl groups is 1. The van der Waals surface area contributed by atoms with Crippen LogP contribution in [0, 0.1) is 5.92 Å². The van der Waals surface area contributed by atoms with Gasteiger partial charge in [0.05, 0.1) is 11.6 Å². The summed E-state index contributed by atoms with van der Waals surface area (Å²) in [4.78, 5) is 26.3. The van der Waals surface area contributed by atoms with Gasteiger partial charge in [0, 0.05) is 6.54 Å². The monoisotopic (exact) mass is 329 g/mol. The Morgan fingerprint density at radius 3 is 2.46 bits per heavy atom. The number of hydrogen-bond donors (Lipinski definition) is 1. The molecule has 2 rings (SSSR count). The standard InChI is InChI=1S/C20H27NO3/c1-4-6-10-15(5-2)13-21-18(16-11-8-7-9-12-16)17(14(3)22)19(23)20(21)24/h7-9,11-12,15,18,23H,4-6,10,13H2,1-3H3/t15-,18-/m0/s1. The van der Waals surface area contributed by atoms with Gasteiger partial charge in [-0.3, -0.25) is 9.59 Å². The third-order valence-electron chi connectivity index (χ3n) is 4.80. The van der Waals surface area contributed by atoms with Crippen molar-refractivity contribution in [3.05, 3.63) is 47.2 Å². The molecule has 1 aliphatic heterocycles. The van der Waals surface area contributed by atoms with Crippen molar-refractivity contribution in [3.63, 3.8) is 0 Å². The van der Waals surface area contributed by atoms with Crippen molar-refractivity contribution in [3.8, 4) is 0 Å². The van der Waals surface area contributed by atoms with Gasteiger partial charge in [0.25, 0.3) is 5.91 Å². The highest BCUT2D eigenvalue weighted by molar-refractivity contribution is 6.08. The Bertz CT molecular complexity index is 621. The number of ketones is 1. The van der Waals surface area contributed by atoms with Crippen LogP contribution in [0.1, 0.15) is 58.1 Å². The molecule has 1 aromatic carbocycles. The summed E-state index contributed by atoms with van der Waals surface area (Å²) in [5, 5.41) is 10.3. The maximum absolute atomic E-state index is 12.6. The highest BCUT2D eigenvalue weighted by Crippen LogP contribution is 2.38. The topological polar surface area (TPSA) is 57.6 Å². The van der Waals surface area contributed by atoms with Crippen LogP contribution in [-0.2, 0) is 9.59 Å². The Morgan fingerprint density at radius 1 is 1.25 bits per heavy atom. The van der Waals surface area contributed by atoms with E-state index in [4.69, 9.17) is 0 Å². The van der Waals surface area contributed by atoms with Crippen LogP contribution in [0.25, 0.3) is 0 Å². The lowest BCUT2D eigenvalue weighted by molar-refractivity contribution is -0.130. The minimum absolute atomic E-state index is 0.219. The van der Waals surface area contributed by atoms with Gasteiger partial charge in [-0.25, -0.2) is 0 Å². The molecule has 4 heteroatoms. The van der Waals surface area contributed by atoms with Crippen LogP contribution in [0.3, 0.4) is 0 Å². The molecule has 1 N–H and O–H groups in total. The SMILES string of the molecule is CCCC[C@H](CC)CN1C(=O)C(O)=C(C(C)=O)[C@@H]1c1ccccc1. The molecule has 1 amide bonds. The zero-order valence-corrected chi connectivity index (χ0v) is 14.8. The zero-order chi connectivity index (χ0) is 17.7. The summed E-state index contributed by atoms with van der Waals surface area (Å²) in [6.45, 7) is 6.25. The number of aliphatic hydroxyl groups excluding tert-OH is 1. The van der Waals surface area contributed by atoms with Crippen molar-refractivity contribution < 1.29 is 14.7 Å². The molecule has 24 heavy (non-hydrogen) atoms. The van der Waals surface area contributed by atoms with Crippen molar-refractivity contribution in [1.82, 2.24) is 4.90 Å². The lowest BCUT2D eigenvalue weighted by Crippen LogP contribution is -2.35. The average Bonchev–Trinajstić information content (AvgIpc) is 2.84. The maximum atomic E-state index is 12.6. The summed E-state index contributed by atoms with van der Waals surface area (Å²) in [6.07, 6.45) is 4.26. The van der Waals surface area contributed by atoms with Gasteiger partial charge in [0.1, 0.15) is 0 Å². The number of carbonyl (C=O) groups excluding carboxylic acids is 2. The summed E-state index contributed by atoms with van der Waals surface area (Å²) < 4.78 is 0. The number of Topliss-reactive ketones (excluding diaryl/α,β-unsaturated/α-hetero) is 1. The predicted molar refractivity (Wildman–Crippen MR) is 94.5 cm³/mol. The molecule has 0 saturated heterocycles. The van der Waals surface area contributed by atoms with Crippen LogP contribution >= 0.6 is 0 Å². The van der Waals surface area contributed by atoms with E-state index in [2.05, 4.69) is 13.8 Å². The lowest BCUT2D eigenvalue weighted by atomic mass is 9.94. The molecular weight excluding hydrogens is 302 g/mol. The van der Waals surface area contributed by atoms with Crippen molar-refractivity contribution in [2.24, 2.45) is 5.92 Å². The number of carbonyl (C=O) groups is 2. The van der Waals surface area contributed by atoms with Crippen molar-refractivity contribution >= 4 is 11.7 Å². The first-order valence-electron chi connectivity index (χ1n) is 8.81. The fourth-order valence-corrected chi connectivity index (χ4v) is 3.38. The van der Waals surface area contributed by atoms with Gasteiger partial charge in [0.15, 0.2) is 11.5 Å². The number of amides is 1.